The summed E-state index contributed by atoms with van der Waals surface area (Å²) in [5.41, 5.74) is 6.77. The van der Waals surface area contributed by atoms with Crippen LogP contribution in [0, 0.1) is 20.4 Å². The van der Waals surface area contributed by atoms with E-state index in [1.54, 1.807) is 4.90 Å². The number of aromatic nitrogens is 4. The maximum absolute atomic E-state index is 12.5. The van der Waals surface area contributed by atoms with Crippen molar-refractivity contribution in [2.24, 2.45) is 0 Å². The van der Waals surface area contributed by atoms with Crippen molar-refractivity contribution in [3.05, 3.63) is 58.7 Å². The number of amides is 1. The van der Waals surface area contributed by atoms with Crippen LogP contribution in [-0.2, 0) is 17.8 Å². The van der Waals surface area contributed by atoms with E-state index in [1.807, 2.05) is 6.20 Å². The monoisotopic (exact) mass is 653 g/mol. The summed E-state index contributed by atoms with van der Waals surface area (Å²) in [6, 6.07) is 2.67. The van der Waals surface area contributed by atoms with E-state index in [0.717, 1.165) is 53.9 Å². The molecule has 1 amide bonds. The molecule has 13 heteroatoms. The molecule has 0 saturated carbocycles. The SMILES string of the molecule is C.S.S.[C-]#[N+]C[C@H]1CN(c2nc(OC[C@@H]3CCCN3C)nc3c2CCN(c2c(C)c(C)cc4[nH]ncc24)C3)CCN1C(=O)C=C. The van der Waals surface area contributed by atoms with Crippen LogP contribution in [0.5, 0.6) is 6.01 Å². The van der Waals surface area contributed by atoms with Gasteiger partial charge in [-0.15, -0.1) is 0 Å². The summed E-state index contributed by atoms with van der Waals surface area (Å²) in [4.78, 5) is 34.9. The van der Waals surface area contributed by atoms with Crippen molar-refractivity contribution in [1.29, 1.82) is 0 Å². The van der Waals surface area contributed by atoms with Crippen LogP contribution in [0.4, 0.5) is 11.5 Å². The number of likely N-dealkylation sites (N-methyl/N-ethyl adjacent to an activating group) is 1. The zero-order valence-electron chi connectivity index (χ0n) is 25.8. The first kappa shape index (κ1) is 36.0. The van der Waals surface area contributed by atoms with Crippen LogP contribution in [0.3, 0.4) is 0 Å². The van der Waals surface area contributed by atoms with E-state index in [2.05, 4.69) is 63.3 Å². The predicted molar refractivity (Wildman–Crippen MR) is 190 cm³/mol. The van der Waals surface area contributed by atoms with Gasteiger partial charge < -0.3 is 29.2 Å². The van der Waals surface area contributed by atoms with Crippen molar-refractivity contribution in [3.63, 3.8) is 0 Å². The van der Waals surface area contributed by atoms with Crippen LogP contribution < -0.4 is 14.5 Å². The molecule has 5 heterocycles. The Bertz CT molecular complexity index is 1560. The first-order valence-corrected chi connectivity index (χ1v) is 14.8. The molecule has 0 radical (unpaired) electrons. The number of ether oxygens (including phenoxy) is 1. The Morgan fingerprint density at radius 2 is 1.98 bits per heavy atom. The van der Waals surface area contributed by atoms with Crippen molar-refractivity contribution >= 4 is 55.3 Å². The molecule has 2 fully saturated rings. The van der Waals surface area contributed by atoms with Crippen molar-refractivity contribution in [2.45, 2.75) is 59.2 Å². The first-order chi connectivity index (χ1) is 20.4. The molecule has 11 nitrogen and oxygen atoms in total. The largest absolute Gasteiger partial charge is 0.462 e. The summed E-state index contributed by atoms with van der Waals surface area (Å²) in [7, 11) is 2.14. The summed E-state index contributed by atoms with van der Waals surface area (Å²) in [5, 5.41) is 8.57. The molecule has 0 aliphatic carbocycles. The van der Waals surface area contributed by atoms with Gasteiger partial charge in [-0.25, -0.2) is 6.57 Å². The van der Waals surface area contributed by atoms with E-state index in [-0.39, 0.29) is 52.9 Å². The third kappa shape index (κ3) is 7.03. The molecule has 2 atom stereocenters. The van der Waals surface area contributed by atoms with Crippen molar-refractivity contribution in [1.82, 2.24) is 30.0 Å². The lowest BCUT2D eigenvalue weighted by Crippen LogP contribution is -2.56. The number of nitrogens with zero attached hydrogens (tertiary/aromatic N) is 8. The molecule has 1 N–H and O–H groups in total. The number of carbonyl (C=O) groups is 1. The number of aryl methyl sites for hydroxylation is 1. The normalized spacial score (nSPS) is 19.6. The highest BCUT2D eigenvalue weighted by atomic mass is 32.1. The van der Waals surface area contributed by atoms with E-state index in [1.165, 1.54) is 29.3 Å². The minimum Gasteiger partial charge on any atom is -0.462 e. The summed E-state index contributed by atoms with van der Waals surface area (Å²) in [6.07, 6.45) is 6.30. The average molecular weight is 654 g/mol. The molecule has 6 rings (SSSR count). The van der Waals surface area contributed by atoms with Gasteiger partial charge in [0.2, 0.25) is 12.5 Å². The summed E-state index contributed by atoms with van der Waals surface area (Å²) < 4.78 is 6.30. The van der Waals surface area contributed by atoms with Gasteiger partial charge in [0.15, 0.2) is 0 Å². The predicted octanol–water partition coefficient (Wildman–Crippen LogP) is 3.99. The number of fused-ring (bicyclic) bond motifs is 2. The lowest BCUT2D eigenvalue weighted by atomic mass is 9.99. The Hall–Kier alpha value is -3.47. The van der Waals surface area contributed by atoms with Crippen molar-refractivity contribution in [2.75, 3.05) is 62.7 Å². The quantitative estimate of drug-likeness (QED) is 0.302. The minimum absolute atomic E-state index is 0. The Kier molecular flexibility index (Phi) is 12.2. The molecule has 2 saturated heterocycles. The first-order valence-electron chi connectivity index (χ1n) is 14.8. The highest BCUT2D eigenvalue weighted by Gasteiger charge is 2.35. The topological polar surface area (TPSA) is 98.1 Å². The van der Waals surface area contributed by atoms with Gasteiger partial charge in [-0.3, -0.25) is 9.89 Å². The number of rotatable bonds is 7. The molecule has 2 aromatic heterocycles. The Morgan fingerprint density at radius 1 is 1.18 bits per heavy atom. The summed E-state index contributed by atoms with van der Waals surface area (Å²) in [5.74, 6) is 0.733. The number of carbonyl (C=O) groups excluding carboxylic acids is 1. The number of hydrogen-bond donors (Lipinski definition) is 1. The maximum atomic E-state index is 12.5. The van der Waals surface area contributed by atoms with E-state index < -0.39 is 0 Å². The molecule has 3 aliphatic heterocycles. The standard InChI is InChI=1S/C31H39N9O2.CH4.2H2S/c1-6-28(41)40-13-12-39(17-23(40)15-32-4)30-24-9-11-38(29-21(3)20(2)14-26-25(29)16-33-36-26)18-27(24)34-31(35-30)42-19-22-8-7-10-37(22)5;;;/h6,14,16,22-23H,1,7-13,15,17-19H2,2-3,5H3,(H,33,36);1H4;2*1H2/t22-,23-;;;/m0.../s1. The molecule has 0 unspecified atom stereocenters. The zero-order valence-corrected chi connectivity index (χ0v) is 27.8. The summed E-state index contributed by atoms with van der Waals surface area (Å²) in [6.45, 7) is 20.5. The van der Waals surface area contributed by atoms with Crippen LogP contribution >= 0.6 is 27.0 Å². The van der Waals surface area contributed by atoms with Gasteiger partial charge in [0.25, 0.3) is 0 Å². The second-order valence-electron chi connectivity index (χ2n) is 11.7. The number of nitrogens with one attached hydrogen (secondary N) is 1. The highest BCUT2D eigenvalue weighted by Crippen LogP contribution is 2.37. The van der Waals surface area contributed by atoms with Crippen LogP contribution in [0.15, 0.2) is 24.9 Å². The van der Waals surface area contributed by atoms with Crippen LogP contribution in [0.2, 0.25) is 0 Å². The van der Waals surface area contributed by atoms with Gasteiger partial charge in [0, 0.05) is 43.2 Å². The molecular formula is C32H47N9O2S2. The zero-order chi connectivity index (χ0) is 29.4. The third-order valence-corrected chi connectivity index (χ3v) is 9.19. The number of benzene rings is 1. The average Bonchev–Trinajstić information content (AvgIpc) is 3.63. The fraction of sp³-hybridized carbons (Fsp3) is 0.531. The molecule has 3 aromatic rings. The van der Waals surface area contributed by atoms with E-state index in [4.69, 9.17) is 21.3 Å². The number of H-pyrrole nitrogens is 1. The van der Waals surface area contributed by atoms with E-state index in [9.17, 15) is 4.79 Å². The van der Waals surface area contributed by atoms with E-state index in [0.29, 0.717) is 44.8 Å². The van der Waals surface area contributed by atoms with Gasteiger partial charge in [-0.2, -0.15) is 42.1 Å². The second kappa shape index (κ2) is 15.2. The van der Waals surface area contributed by atoms with Crippen LogP contribution in [0.1, 0.15) is 42.7 Å². The van der Waals surface area contributed by atoms with Gasteiger partial charge >= 0.3 is 6.01 Å². The summed E-state index contributed by atoms with van der Waals surface area (Å²) >= 11 is 0. The van der Waals surface area contributed by atoms with Gasteiger partial charge in [-0.1, -0.05) is 14.0 Å². The fourth-order valence-corrected chi connectivity index (χ4v) is 6.70. The van der Waals surface area contributed by atoms with Gasteiger partial charge in [0.05, 0.1) is 29.6 Å². The molecule has 0 spiro atoms. The Morgan fingerprint density at radius 3 is 2.69 bits per heavy atom. The smallest absolute Gasteiger partial charge is 0.318 e. The molecule has 45 heavy (non-hydrogen) atoms. The molecular weight excluding hydrogens is 607 g/mol. The molecule has 244 valence electrons. The maximum Gasteiger partial charge on any atom is 0.318 e. The van der Waals surface area contributed by atoms with E-state index >= 15 is 0 Å². The lowest BCUT2D eigenvalue weighted by Gasteiger charge is -2.41. The second-order valence-corrected chi connectivity index (χ2v) is 11.7. The number of likely N-dealkylation sites (tertiary alicyclic amines) is 1. The van der Waals surface area contributed by atoms with Crippen molar-refractivity contribution in [3.8, 4) is 6.01 Å². The number of anilines is 2. The number of aromatic amines is 1. The van der Waals surface area contributed by atoms with Crippen LogP contribution in [0.25, 0.3) is 15.7 Å². The molecule has 3 aliphatic rings. The molecule has 1 aromatic carbocycles. The van der Waals surface area contributed by atoms with Gasteiger partial charge in [-0.05, 0) is 70.0 Å². The van der Waals surface area contributed by atoms with Crippen molar-refractivity contribution < 1.29 is 9.53 Å². The molecule has 0 bridgehead atoms. The minimum atomic E-state index is -0.228. The van der Waals surface area contributed by atoms with Crippen LogP contribution in [-0.4, -0.2) is 101 Å². The fourth-order valence-electron chi connectivity index (χ4n) is 6.70. The highest BCUT2D eigenvalue weighted by molar-refractivity contribution is 7.59. The Balaban J connectivity index is 0.00000184. The van der Waals surface area contributed by atoms with Gasteiger partial charge in [0.1, 0.15) is 18.5 Å². The number of hydrogen-bond acceptors (Lipinski definition) is 8. The Labute approximate surface area is 280 Å². The number of piperazine rings is 1. The lowest BCUT2D eigenvalue weighted by molar-refractivity contribution is -0.128. The third-order valence-electron chi connectivity index (χ3n) is 9.19.